The maximum atomic E-state index is 12.3. The predicted octanol–water partition coefficient (Wildman–Crippen LogP) is 2.48. The second kappa shape index (κ2) is 8.41. The first-order valence-electron chi connectivity index (χ1n) is 8.44. The number of aromatic nitrogens is 1. The Balaban J connectivity index is 1.43. The average molecular weight is 321 g/mol. The molecule has 124 valence electrons. The van der Waals surface area contributed by atoms with E-state index in [-0.39, 0.29) is 5.91 Å². The molecule has 0 radical (unpaired) electrons. The van der Waals surface area contributed by atoms with Crippen molar-refractivity contribution in [3.8, 4) is 0 Å². The summed E-state index contributed by atoms with van der Waals surface area (Å²) < 4.78 is 0. The van der Waals surface area contributed by atoms with Crippen LogP contribution in [0.2, 0.25) is 0 Å². The third-order valence-electron chi connectivity index (χ3n) is 4.35. The lowest BCUT2D eigenvalue weighted by molar-refractivity contribution is -0.127. The lowest BCUT2D eigenvalue weighted by atomic mass is 10.1. The molecule has 0 aliphatic carbocycles. The maximum Gasteiger partial charge on any atom is 0.246 e. The van der Waals surface area contributed by atoms with Crippen molar-refractivity contribution >= 4 is 12.0 Å². The van der Waals surface area contributed by atoms with Crippen molar-refractivity contribution < 1.29 is 4.79 Å². The lowest BCUT2D eigenvalue weighted by Crippen LogP contribution is -2.48. The molecule has 0 N–H and O–H groups in total. The van der Waals surface area contributed by atoms with Gasteiger partial charge in [0.15, 0.2) is 0 Å². The summed E-state index contributed by atoms with van der Waals surface area (Å²) in [5.74, 6) is 0.0848. The van der Waals surface area contributed by atoms with Gasteiger partial charge in [-0.25, -0.2) is 0 Å². The second-order valence-corrected chi connectivity index (χ2v) is 6.02. The zero-order valence-electron chi connectivity index (χ0n) is 13.8. The zero-order valence-corrected chi connectivity index (χ0v) is 13.8. The molecule has 0 saturated carbocycles. The minimum Gasteiger partial charge on any atom is -0.337 e. The molecule has 1 saturated heterocycles. The predicted molar refractivity (Wildman–Crippen MR) is 96.4 cm³/mol. The number of nitrogens with zero attached hydrogens (tertiary/aromatic N) is 3. The largest absolute Gasteiger partial charge is 0.337 e. The van der Waals surface area contributed by atoms with E-state index in [1.54, 1.807) is 18.5 Å². The van der Waals surface area contributed by atoms with E-state index >= 15 is 0 Å². The van der Waals surface area contributed by atoms with Gasteiger partial charge in [0.2, 0.25) is 5.91 Å². The van der Waals surface area contributed by atoms with Gasteiger partial charge in [-0.1, -0.05) is 36.4 Å². The summed E-state index contributed by atoms with van der Waals surface area (Å²) in [5, 5.41) is 0. The van der Waals surface area contributed by atoms with E-state index in [0.29, 0.717) is 0 Å². The molecule has 3 rings (SSSR count). The Morgan fingerprint density at radius 3 is 2.54 bits per heavy atom. The number of carbonyl (C=O) groups excluding carboxylic acids is 1. The highest BCUT2D eigenvalue weighted by Crippen LogP contribution is 2.07. The SMILES string of the molecule is O=C(/C=C/c1cccnc1)N1CCN(CCc2ccccc2)CC1. The molecule has 1 aromatic carbocycles. The zero-order chi connectivity index (χ0) is 16.6. The van der Waals surface area contributed by atoms with Crippen LogP contribution in [-0.2, 0) is 11.2 Å². The molecular formula is C20H23N3O. The van der Waals surface area contributed by atoms with Crippen molar-refractivity contribution in [1.82, 2.24) is 14.8 Å². The van der Waals surface area contributed by atoms with Crippen molar-refractivity contribution in [2.45, 2.75) is 6.42 Å². The summed E-state index contributed by atoms with van der Waals surface area (Å²) in [6.45, 7) is 4.53. The third-order valence-corrected chi connectivity index (χ3v) is 4.35. The number of hydrogen-bond acceptors (Lipinski definition) is 3. The second-order valence-electron chi connectivity index (χ2n) is 6.02. The van der Waals surface area contributed by atoms with E-state index in [1.165, 1.54) is 5.56 Å². The Labute approximate surface area is 143 Å². The van der Waals surface area contributed by atoms with Crippen molar-refractivity contribution in [3.63, 3.8) is 0 Å². The Hall–Kier alpha value is -2.46. The molecule has 1 amide bonds. The molecule has 24 heavy (non-hydrogen) atoms. The first-order valence-corrected chi connectivity index (χ1v) is 8.44. The van der Waals surface area contributed by atoms with Gasteiger partial charge in [-0.3, -0.25) is 14.7 Å². The fraction of sp³-hybridized carbons (Fsp3) is 0.300. The molecule has 1 aromatic heterocycles. The molecule has 1 aliphatic rings. The minimum absolute atomic E-state index is 0.0848. The Morgan fingerprint density at radius 1 is 1.04 bits per heavy atom. The van der Waals surface area contributed by atoms with Crippen LogP contribution in [0.1, 0.15) is 11.1 Å². The molecule has 0 spiro atoms. The van der Waals surface area contributed by atoms with Gasteiger partial charge < -0.3 is 4.90 Å². The molecular weight excluding hydrogens is 298 g/mol. The van der Waals surface area contributed by atoms with Crippen LogP contribution in [0.5, 0.6) is 0 Å². The monoisotopic (exact) mass is 321 g/mol. The number of carbonyl (C=O) groups is 1. The van der Waals surface area contributed by atoms with Crippen LogP contribution >= 0.6 is 0 Å². The summed E-state index contributed by atoms with van der Waals surface area (Å²) in [6.07, 6.45) is 8.03. The quantitative estimate of drug-likeness (QED) is 0.794. The summed E-state index contributed by atoms with van der Waals surface area (Å²) in [7, 11) is 0. The van der Waals surface area contributed by atoms with Crippen LogP contribution < -0.4 is 0 Å². The Morgan fingerprint density at radius 2 is 1.83 bits per heavy atom. The third kappa shape index (κ3) is 4.77. The first kappa shape index (κ1) is 16.4. The van der Waals surface area contributed by atoms with Crippen molar-refractivity contribution in [2.24, 2.45) is 0 Å². The molecule has 2 heterocycles. The van der Waals surface area contributed by atoms with Gasteiger partial charge in [0.1, 0.15) is 0 Å². The number of pyridine rings is 1. The number of hydrogen-bond donors (Lipinski definition) is 0. The van der Waals surface area contributed by atoms with Crippen molar-refractivity contribution in [1.29, 1.82) is 0 Å². The smallest absolute Gasteiger partial charge is 0.246 e. The van der Waals surface area contributed by atoms with E-state index < -0.39 is 0 Å². The fourth-order valence-electron chi connectivity index (χ4n) is 2.87. The van der Waals surface area contributed by atoms with E-state index in [9.17, 15) is 4.79 Å². The molecule has 1 fully saturated rings. The standard InChI is InChI=1S/C20H23N3O/c24-20(9-8-19-7-4-11-21-17-19)23-15-13-22(14-16-23)12-10-18-5-2-1-3-6-18/h1-9,11,17H,10,12-16H2/b9-8+. The first-order chi connectivity index (χ1) is 11.8. The van der Waals surface area contributed by atoms with Crippen LogP contribution in [0.25, 0.3) is 6.08 Å². The molecule has 0 unspecified atom stereocenters. The van der Waals surface area contributed by atoms with E-state index in [1.807, 2.05) is 29.2 Å². The lowest BCUT2D eigenvalue weighted by Gasteiger charge is -2.34. The number of benzene rings is 1. The highest BCUT2D eigenvalue weighted by atomic mass is 16.2. The normalized spacial score (nSPS) is 15.8. The van der Waals surface area contributed by atoms with Gasteiger partial charge in [0.25, 0.3) is 0 Å². The summed E-state index contributed by atoms with van der Waals surface area (Å²) in [5.41, 5.74) is 2.32. The average Bonchev–Trinajstić information content (AvgIpc) is 2.66. The summed E-state index contributed by atoms with van der Waals surface area (Å²) in [6, 6.07) is 14.4. The van der Waals surface area contributed by atoms with Gasteiger partial charge in [-0.05, 0) is 29.7 Å². The molecule has 0 bridgehead atoms. The van der Waals surface area contributed by atoms with E-state index in [0.717, 1.165) is 44.7 Å². The van der Waals surface area contributed by atoms with Crippen LogP contribution in [0.15, 0.2) is 60.9 Å². The number of piperazine rings is 1. The van der Waals surface area contributed by atoms with Crippen LogP contribution in [0.3, 0.4) is 0 Å². The summed E-state index contributed by atoms with van der Waals surface area (Å²) in [4.78, 5) is 20.7. The Kier molecular flexibility index (Phi) is 5.75. The van der Waals surface area contributed by atoms with Crippen LogP contribution in [0.4, 0.5) is 0 Å². The van der Waals surface area contributed by atoms with Gasteiger partial charge in [-0.2, -0.15) is 0 Å². The van der Waals surface area contributed by atoms with E-state index in [2.05, 4.69) is 34.1 Å². The molecule has 1 aliphatic heterocycles. The molecule has 0 atom stereocenters. The van der Waals surface area contributed by atoms with Crippen LogP contribution in [-0.4, -0.2) is 53.4 Å². The molecule has 2 aromatic rings. The molecule has 4 heteroatoms. The van der Waals surface area contributed by atoms with Crippen molar-refractivity contribution in [3.05, 3.63) is 72.1 Å². The minimum atomic E-state index is 0.0848. The van der Waals surface area contributed by atoms with Gasteiger partial charge in [-0.15, -0.1) is 0 Å². The van der Waals surface area contributed by atoms with Gasteiger partial charge >= 0.3 is 0 Å². The Bertz CT molecular complexity index is 662. The molecule has 4 nitrogen and oxygen atoms in total. The highest BCUT2D eigenvalue weighted by Gasteiger charge is 2.19. The van der Waals surface area contributed by atoms with Gasteiger partial charge in [0, 0.05) is 51.2 Å². The number of amides is 1. The maximum absolute atomic E-state index is 12.3. The van der Waals surface area contributed by atoms with Crippen molar-refractivity contribution in [2.75, 3.05) is 32.7 Å². The fourth-order valence-corrected chi connectivity index (χ4v) is 2.87. The number of rotatable bonds is 5. The van der Waals surface area contributed by atoms with Gasteiger partial charge in [0.05, 0.1) is 0 Å². The summed E-state index contributed by atoms with van der Waals surface area (Å²) >= 11 is 0. The van der Waals surface area contributed by atoms with Crippen LogP contribution in [0, 0.1) is 0 Å². The van der Waals surface area contributed by atoms with E-state index in [4.69, 9.17) is 0 Å². The highest BCUT2D eigenvalue weighted by molar-refractivity contribution is 5.91. The topological polar surface area (TPSA) is 36.4 Å².